The lowest BCUT2D eigenvalue weighted by molar-refractivity contribution is -0.0369. The van der Waals surface area contributed by atoms with E-state index in [1.54, 1.807) is 10.6 Å². The fourth-order valence-electron chi connectivity index (χ4n) is 4.12. The van der Waals surface area contributed by atoms with E-state index in [4.69, 9.17) is 9.47 Å². The van der Waals surface area contributed by atoms with Gasteiger partial charge in [0.1, 0.15) is 0 Å². The topological polar surface area (TPSA) is 94.6 Å². The third-order valence-electron chi connectivity index (χ3n) is 6.51. The lowest BCUT2D eigenvalue weighted by Gasteiger charge is -2.31. The van der Waals surface area contributed by atoms with Crippen LogP contribution in [0, 0.1) is 5.41 Å². The molecule has 8 nitrogen and oxygen atoms in total. The minimum absolute atomic E-state index is 0.0717. The highest BCUT2D eigenvalue weighted by Crippen LogP contribution is 2.40. The molecule has 0 spiro atoms. The normalized spacial score (nSPS) is 13.5. The van der Waals surface area contributed by atoms with Crippen LogP contribution in [-0.4, -0.2) is 59.9 Å². The van der Waals surface area contributed by atoms with Gasteiger partial charge < -0.3 is 19.7 Å². The van der Waals surface area contributed by atoms with Gasteiger partial charge in [-0.1, -0.05) is 32.9 Å². The molecule has 0 aliphatic heterocycles. The van der Waals surface area contributed by atoms with Crippen LogP contribution in [0.1, 0.15) is 94.2 Å². The fourth-order valence-corrected chi connectivity index (χ4v) is 4.84. The van der Waals surface area contributed by atoms with Gasteiger partial charge in [0.15, 0.2) is 5.88 Å². The van der Waals surface area contributed by atoms with Crippen molar-refractivity contribution >= 4 is 11.8 Å². The van der Waals surface area contributed by atoms with Crippen molar-refractivity contribution in [1.82, 2.24) is 19.6 Å². The van der Waals surface area contributed by atoms with E-state index < -0.39 is 5.54 Å². The fraction of sp³-hybridized carbons (Fsp3) is 0.786. The predicted octanol–water partition coefficient (Wildman–Crippen LogP) is 6.39. The van der Waals surface area contributed by atoms with E-state index in [2.05, 4.69) is 58.8 Å². The summed E-state index contributed by atoms with van der Waals surface area (Å²) in [5.41, 5.74) is 0.0292. The molecule has 0 aliphatic rings. The monoisotopic (exact) mass is 538 g/mol. The van der Waals surface area contributed by atoms with Crippen LogP contribution < -0.4 is 0 Å². The number of thioether (sulfide) groups is 1. The number of aryl methyl sites for hydroxylation is 1. The number of aromatic hydroxyl groups is 2. The van der Waals surface area contributed by atoms with Gasteiger partial charge in [-0.05, 0) is 72.0 Å². The molecule has 0 atom stereocenters. The molecule has 212 valence electrons. The highest BCUT2D eigenvalue weighted by atomic mass is 32.2. The molecule has 0 aliphatic carbocycles. The first kappa shape index (κ1) is 31.5. The summed E-state index contributed by atoms with van der Waals surface area (Å²) in [5, 5.41) is 29.7. The van der Waals surface area contributed by atoms with Crippen LogP contribution >= 0.6 is 11.8 Å². The zero-order valence-corrected chi connectivity index (χ0v) is 25.5. The molecule has 2 aromatic heterocycles. The average Bonchev–Trinajstić information content (AvgIpc) is 3.28. The number of aromatic nitrogens is 4. The van der Waals surface area contributed by atoms with E-state index in [1.165, 1.54) is 11.8 Å². The van der Waals surface area contributed by atoms with Gasteiger partial charge in [-0.3, -0.25) is 9.25 Å². The molecule has 0 radical (unpaired) electrons. The quantitative estimate of drug-likeness (QED) is 0.254. The zero-order chi connectivity index (χ0) is 28.1. The van der Waals surface area contributed by atoms with Crippen molar-refractivity contribution in [3.63, 3.8) is 0 Å². The number of rotatable bonds is 15. The van der Waals surface area contributed by atoms with Crippen LogP contribution in [0.15, 0.2) is 17.2 Å². The predicted molar refractivity (Wildman–Crippen MR) is 151 cm³/mol. The second-order valence-electron chi connectivity index (χ2n) is 12.9. The Bertz CT molecular complexity index is 989. The lowest BCUT2D eigenvalue weighted by atomic mass is 9.93. The third-order valence-corrected chi connectivity index (χ3v) is 7.41. The molecule has 0 saturated carbocycles. The van der Waals surface area contributed by atoms with Gasteiger partial charge in [-0.15, -0.1) is 16.9 Å². The Morgan fingerprint density at radius 3 is 2.14 bits per heavy atom. The second kappa shape index (κ2) is 12.4. The first-order valence-electron chi connectivity index (χ1n) is 13.4. The Morgan fingerprint density at radius 1 is 0.892 bits per heavy atom. The van der Waals surface area contributed by atoms with Gasteiger partial charge >= 0.3 is 0 Å². The Labute approximate surface area is 228 Å². The van der Waals surface area contributed by atoms with Gasteiger partial charge in [0.25, 0.3) is 0 Å². The van der Waals surface area contributed by atoms with Crippen LogP contribution in [-0.2, 0) is 28.0 Å². The molecule has 9 heteroatoms. The summed E-state index contributed by atoms with van der Waals surface area (Å²) in [5.74, 6) is 1.01. The van der Waals surface area contributed by atoms with Crippen molar-refractivity contribution in [3.8, 4) is 11.8 Å². The smallest absolute Gasteiger partial charge is 0.208 e. The molecular formula is C28H50N4O4S. The molecule has 2 heterocycles. The molecule has 37 heavy (non-hydrogen) atoms. The van der Waals surface area contributed by atoms with Gasteiger partial charge in [-0.2, -0.15) is 0 Å². The molecule has 0 bridgehead atoms. The summed E-state index contributed by atoms with van der Waals surface area (Å²) < 4.78 is 15.8. The number of nitrogens with zero attached hydrogens (tertiary/aromatic N) is 4. The zero-order valence-electron chi connectivity index (χ0n) is 24.7. The summed E-state index contributed by atoms with van der Waals surface area (Å²) in [6.07, 6.45) is 5.14. The van der Waals surface area contributed by atoms with Crippen molar-refractivity contribution in [2.45, 2.75) is 123 Å². The van der Waals surface area contributed by atoms with E-state index >= 15 is 0 Å². The van der Waals surface area contributed by atoms with E-state index in [9.17, 15) is 10.2 Å². The van der Waals surface area contributed by atoms with Crippen LogP contribution in [0.5, 0.6) is 11.8 Å². The maximum absolute atomic E-state index is 10.6. The molecular weight excluding hydrogens is 488 g/mol. The number of hydrogen-bond donors (Lipinski definition) is 2. The van der Waals surface area contributed by atoms with E-state index in [0.717, 1.165) is 30.9 Å². The van der Waals surface area contributed by atoms with E-state index in [1.807, 2.05) is 31.6 Å². The molecule has 0 unspecified atom stereocenters. The van der Waals surface area contributed by atoms with Crippen molar-refractivity contribution in [1.29, 1.82) is 0 Å². The van der Waals surface area contributed by atoms with Gasteiger partial charge in [0, 0.05) is 44.0 Å². The summed E-state index contributed by atoms with van der Waals surface area (Å²) in [4.78, 5) is 0.696. The molecule has 2 rings (SSSR count). The Kier molecular flexibility index (Phi) is 10.6. The Morgan fingerprint density at radius 2 is 1.51 bits per heavy atom. The average molecular weight is 539 g/mol. The minimum Gasteiger partial charge on any atom is -0.494 e. The van der Waals surface area contributed by atoms with E-state index in [-0.39, 0.29) is 28.4 Å². The van der Waals surface area contributed by atoms with Crippen LogP contribution in [0.25, 0.3) is 0 Å². The maximum atomic E-state index is 10.6. The SMILES string of the molecule is CCSc1cc(O)n(C(C)(C)CCOC(C)(C)CCn2cc(CC(C)(C)OCCC(C)(C)C)nn2)c1O. The summed E-state index contributed by atoms with van der Waals surface area (Å²) in [6.45, 7) is 23.0. The first-order valence-corrected chi connectivity index (χ1v) is 14.4. The molecule has 2 N–H and O–H groups in total. The van der Waals surface area contributed by atoms with Crippen LogP contribution in [0.2, 0.25) is 0 Å². The molecule has 0 aromatic carbocycles. The standard InChI is InChI=1S/C28H50N4O4S/c1-11-37-22-18-23(33)32(24(22)34)26(5,6)14-17-35-27(7,8)12-15-31-20-21(29-30-31)19-28(9,10)36-16-13-25(2,3)4/h18,20,33-34H,11-17,19H2,1-10H3. The highest BCUT2D eigenvalue weighted by molar-refractivity contribution is 7.99. The van der Waals surface area contributed by atoms with Crippen LogP contribution in [0.3, 0.4) is 0 Å². The molecule has 0 fully saturated rings. The minimum atomic E-state index is -0.501. The van der Waals surface area contributed by atoms with Gasteiger partial charge in [-0.25, -0.2) is 0 Å². The first-order chi connectivity index (χ1) is 16.9. The molecule has 2 aromatic rings. The molecule has 0 amide bonds. The van der Waals surface area contributed by atoms with Gasteiger partial charge in [0.05, 0.1) is 21.8 Å². The third kappa shape index (κ3) is 10.2. The van der Waals surface area contributed by atoms with Crippen molar-refractivity contribution in [2.75, 3.05) is 19.0 Å². The maximum Gasteiger partial charge on any atom is 0.208 e. The van der Waals surface area contributed by atoms with Gasteiger partial charge in [0.2, 0.25) is 5.88 Å². The van der Waals surface area contributed by atoms with E-state index in [0.29, 0.717) is 30.9 Å². The van der Waals surface area contributed by atoms with Crippen molar-refractivity contribution in [3.05, 3.63) is 18.0 Å². The summed E-state index contributed by atoms with van der Waals surface area (Å²) in [6, 6.07) is 1.63. The van der Waals surface area contributed by atoms with Crippen molar-refractivity contribution < 1.29 is 19.7 Å². The Balaban J connectivity index is 1.84. The highest BCUT2D eigenvalue weighted by Gasteiger charge is 2.29. The Hall–Kier alpha value is -1.71. The number of hydrogen-bond acceptors (Lipinski definition) is 7. The molecule has 0 saturated heterocycles. The number of ether oxygens (including phenoxy) is 2. The largest absolute Gasteiger partial charge is 0.494 e. The summed E-state index contributed by atoms with van der Waals surface area (Å²) in [7, 11) is 0. The van der Waals surface area contributed by atoms with Crippen LogP contribution in [0.4, 0.5) is 0 Å². The second-order valence-corrected chi connectivity index (χ2v) is 14.3. The van der Waals surface area contributed by atoms with Crippen molar-refractivity contribution in [2.24, 2.45) is 5.41 Å². The summed E-state index contributed by atoms with van der Waals surface area (Å²) >= 11 is 1.51. The lowest BCUT2D eigenvalue weighted by Crippen LogP contribution is -2.32.